The molecule has 4 nitrogen and oxygen atoms in total. The first-order valence-electron chi connectivity index (χ1n) is 6.35. The topological polar surface area (TPSA) is 43.4 Å². The Morgan fingerprint density at radius 1 is 1.30 bits per heavy atom. The zero-order chi connectivity index (χ0) is 14.2. The van der Waals surface area contributed by atoms with Crippen molar-refractivity contribution in [1.29, 1.82) is 0 Å². The molecule has 0 saturated heterocycles. The standard InChI is InChI=1S/C15H17BrN2O2/c1-19-13-4-5-15(14(16)9-13)20-8-7-18-11-12-3-2-6-17-10-12/h2-6,9-10,18H,7-8,11H2,1H3. The van der Waals surface area contributed by atoms with Gasteiger partial charge in [0.2, 0.25) is 0 Å². The predicted octanol–water partition coefficient (Wildman–Crippen LogP) is 3.02. The quantitative estimate of drug-likeness (QED) is 0.789. The van der Waals surface area contributed by atoms with Crippen LogP contribution >= 0.6 is 15.9 Å². The average molecular weight is 337 g/mol. The zero-order valence-electron chi connectivity index (χ0n) is 11.3. The average Bonchev–Trinajstić information content (AvgIpc) is 2.49. The Labute approximate surface area is 127 Å². The molecule has 1 N–H and O–H groups in total. The highest BCUT2D eigenvalue weighted by molar-refractivity contribution is 9.10. The number of pyridine rings is 1. The summed E-state index contributed by atoms with van der Waals surface area (Å²) in [6, 6.07) is 9.63. The maximum absolute atomic E-state index is 5.69. The molecule has 1 aromatic heterocycles. The van der Waals surface area contributed by atoms with E-state index in [1.54, 1.807) is 13.3 Å². The lowest BCUT2D eigenvalue weighted by atomic mass is 10.3. The van der Waals surface area contributed by atoms with Crippen LogP contribution in [0, 0.1) is 0 Å². The van der Waals surface area contributed by atoms with Crippen molar-refractivity contribution >= 4 is 15.9 Å². The van der Waals surface area contributed by atoms with Crippen molar-refractivity contribution in [3.8, 4) is 11.5 Å². The summed E-state index contributed by atoms with van der Waals surface area (Å²) in [5, 5.41) is 3.31. The molecule has 0 atom stereocenters. The van der Waals surface area contributed by atoms with Crippen LogP contribution in [0.25, 0.3) is 0 Å². The second-order valence-electron chi connectivity index (χ2n) is 4.18. The van der Waals surface area contributed by atoms with E-state index in [9.17, 15) is 0 Å². The van der Waals surface area contributed by atoms with Crippen molar-refractivity contribution in [1.82, 2.24) is 10.3 Å². The Kier molecular flexibility index (Phi) is 5.83. The Balaban J connectivity index is 1.71. The van der Waals surface area contributed by atoms with Crippen LogP contribution in [0.2, 0.25) is 0 Å². The van der Waals surface area contributed by atoms with Gasteiger partial charge in [-0.1, -0.05) is 6.07 Å². The van der Waals surface area contributed by atoms with Crippen molar-refractivity contribution in [2.75, 3.05) is 20.3 Å². The van der Waals surface area contributed by atoms with Gasteiger partial charge in [-0.25, -0.2) is 0 Å². The molecule has 0 fully saturated rings. The van der Waals surface area contributed by atoms with Gasteiger partial charge in [-0.05, 0) is 45.8 Å². The molecular formula is C15H17BrN2O2. The maximum Gasteiger partial charge on any atom is 0.133 e. The minimum atomic E-state index is 0.602. The third-order valence-corrected chi connectivity index (χ3v) is 3.35. The fourth-order valence-electron chi connectivity index (χ4n) is 1.69. The lowest BCUT2D eigenvalue weighted by Gasteiger charge is -2.10. The highest BCUT2D eigenvalue weighted by Crippen LogP contribution is 2.28. The summed E-state index contributed by atoms with van der Waals surface area (Å²) in [5.74, 6) is 1.62. The van der Waals surface area contributed by atoms with Gasteiger partial charge >= 0.3 is 0 Å². The summed E-state index contributed by atoms with van der Waals surface area (Å²) in [6.45, 7) is 2.17. The number of aromatic nitrogens is 1. The zero-order valence-corrected chi connectivity index (χ0v) is 12.9. The van der Waals surface area contributed by atoms with Crippen LogP contribution in [0.15, 0.2) is 47.2 Å². The van der Waals surface area contributed by atoms with E-state index in [2.05, 4.69) is 26.2 Å². The molecule has 0 bridgehead atoms. The normalized spacial score (nSPS) is 10.3. The summed E-state index contributed by atoms with van der Waals surface area (Å²) in [6.07, 6.45) is 3.63. The maximum atomic E-state index is 5.69. The van der Waals surface area contributed by atoms with Crippen LogP contribution in [0.1, 0.15) is 5.56 Å². The third kappa shape index (κ3) is 4.51. The van der Waals surface area contributed by atoms with E-state index in [1.807, 2.05) is 36.5 Å². The molecule has 20 heavy (non-hydrogen) atoms. The van der Waals surface area contributed by atoms with Crippen molar-refractivity contribution in [3.63, 3.8) is 0 Å². The van der Waals surface area contributed by atoms with Crippen LogP contribution < -0.4 is 14.8 Å². The highest BCUT2D eigenvalue weighted by Gasteiger charge is 2.02. The molecule has 106 valence electrons. The van der Waals surface area contributed by atoms with Crippen molar-refractivity contribution in [2.45, 2.75) is 6.54 Å². The van der Waals surface area contributed by atoms with E-state index >= 15 is 0 Å². The van der Waals surface area contributed by atoms with Crippen LogP contribution in [0.3, 0.4) is 0 Å². The van der Waals surface area contributed by atoms with Crippen LogP contribution in [-0.4, -0.2) is 25.2 Å². The fraction of sp³-hybridized carbons (Fsp3) is 0.267. The second kappa shape index (κ2) is 7.87. The van der Waals surface area contributed by atoms with Gasteiger partial charge in [-0.3, -0.25) is 4.98 Å². The van der Waals surface area contributed by atoms with Crippen LogP contribution in [0.4, 0.5) is 0 Å². The second-order valence-corrected chi connectivity index (χ2v) is 5.04. The molecular weight excluding hydrogens is 320 g/mol. The first-order chi connectivity index (χ1) is 9.79. The summed E-state index contributed by atoms with van der Waals surface area (Å²) in [4.78, 5) is 4.07. The van der Waals surface area contributed by atoms with Gasteiger partial charge in [-0.2, -0.15) is 0 Å². The summed E-state index contributed by atoms with van der Waals surface area (Å²) >= 11 is 3.46. The number of hydrogen-bond acceptors (Lipinski definition) is 4. The highest BCUT2D eigenvalue weighted by atomic mass is 79.9. The van der Waals surface area contributed by atoms with E-state index in [4.69, 9.17) is 9.47 Å². The Morgan fingerprint density at radius 2 is 2.20 bits per heavy atom. The molecule has 2 aromatic rings. The fourth-order valence-corrected chi connectivity index (χ4v) is 2.17. The monoisotopic (exact) mass is 336 g/mol. The van der Waals surface area contributed by atoms with E-state index in [0.717, 1.165) is 34.6 Å². The minimum Gasteiger partial charge on any atom is -0.497 e. The number of benzene rings is 1. The minimum absolute atomic E-state index is 0.602. The molecule has 0 aliphatic heterocycles. The Hall–Kier alpha value is -1.59. The summed E-state index contributed by atoms with van der Waals surface area (Å²) < 4.78 is 11.7. The first-order valence-corrected chi connectivity index (χ1v) is 7.15. The van der Waals surface area contributed by atoms with Gasteiger partial charge < -0.3 is 14.8 Å². The van der Waals surface area contributed by atoms with Crippen LogP contribution in [-0.2, 0) is 6.54 Å². The molecule has 0 unspecified atom stereocenters. The van der Waals surface area contributed by atoms with Crippen molar-refractivity contribution < 1.29 is 9.47 Å². The molecule has 2 rings (SSSR count). The van der Waals surface area contributed by atoms with E-state index in [0.29, 0.717) is 6.61 Å². The lowest BCUT2D eigenvalue weighted by molar-refractivity contribution is 0.311. The summed E-state index contributed by atoms with van der Waals surface area (Å²) in [5.41, 5.74) is 1.16. The Bertz CT molecular complexity index is 535. The van der Waals surface area contributed by atoms with Gasteiger partial charge in [0, 0.05) is 25.5 Å². The summed E-state index contributed by atoms with van der Waals surface area (Å²) in [7, 11) is 1.64. The molecule has 0 amide bonds. The van der Waals surface area contributed by atoms with Gasteiger partial charge in [0.15, 0.2) is 0 Å². The number of rotatable bonds is 7. The van der Waals surface area contributed by atoms with Gasteiger partial charge in [0.1, 0.15) is 18.1 Å². The molecule has 0 aliphatic rings. The molecule has 0 aliphatic carbocycles. The van der Waals surface area contributed by atoms with Crippen molar-refractivity contribution in [2.24, 2.45) is 0 Å². The van der Waals surface area contributed by atoms with E-state index in [1.165, 1.54) is 0 Å². The SMILES string of the molecule is COc1ccc(OCCNCc2cccnc2)c(Br)c1. The lowest BCUT2D eigenvalue weighted by Crippen LogP contribution is -2.20. The van der Waals surface area contributed by atoms with Gasteiger partial charge in [-0.15, -0.1) is 0 Å². The molecule has 5 heteroatoms. The molecule has 1 aromatic carbocycles. The molecule has 1 heterocycles. The Morgan fingerprint density at radius 3 is 2.90 bits per heavy atom. The van der Waals surface area contributed by atoms with Gasteiger partial charge in [0.25, 0.3) is 0 Å². The molecule has 0 saturated carbocycles. The van der Waals surface area contributed by atoms with Crippen molar-refractivity contribution in [3.05, 3.63) is 52.8 Å². The number of nitrogens with one attached hydrogen (secondary N) is 1. The number of nitrogens with zero attached hydrogens (tertiary/aromatic N) is 1. The van der Waals surface area contributed by atoms with E-state index < -0.39 is 0 Å². The molecule has 0 spiro atoms. The van der Waals surface area contributed by atoms with E-state index in [-0.39, 0.29) is 0 Å². The molecule has 0 radical (unpaired) electrons. The number of methoxy groups -OCH3 is 1. The largest absolute Gasteiger partial charge is 0.497 e. The third-order valence-electron chi connectivity index (χ3n) is 2.73. The number of hydrogen-bond donors (Lipinski definition) is 1. The first kappa shape index (κ1) is 14.8. The number of ether oxygens (including phenoxy) is 2. The predicted molar refractivity (Wildman–Crippen MR) is 82.1 cm³/mol. The van der Waals surface area contributed by atoms with Crippen LogP contribution in [0.5, 0.6) is 11.5 Å². The van der Waals surface area contributed by atoms with Gasteiger partial charge in [0.05, 0.1) is 11.6 Å². The number of halogens is 1. The smallest absolute Gasteiger partial charge is 0.133 e.